The van der Waals surface area contributed by atoms with E-state index < -0.39 is 0 Å². The molecule has 3 N–H and O–H groups in total. The van der Waals surface area contributed by atoms with E-state index in [4.69, 9.17) is 10.8 Å². The lowest BCUT2D eigenvalue weighted by Gasteiger charge is -2.01. The number of nitrogens with zero attached hydrogens (tertiary/aromatic N) is 2. The van der Waals surface area contributed by atoms with Gasteiger partial charge in [-0.1, -0.05) is 0 Å². The summed E-state index contributed by atoms with van der Waals surface area (Å²) in [5.74, 6) is 0. The molecule has 0 saturated heterocycles. The Morgan fingerprint density at radius 1 is 1.67 bits per heavy atom. The minimum atomic E-state index is -0.346. The van der Waals surface area contributed by atoms with Gasteiger partial charge in [-0.3, -0.25) is 4.68 Å². The van der Waals surface area contributed by atoms with Crippen LogP contribution in [0.1, 0.15) is 11.7 Å². The molecule has 0 bridgehead atoms. The van der Waals surface area contributed by atoms with Crippen LogP contribution in [-0.2, 0) is 7.05 Å². The van der Waals surface area contributed by atoms with Gasteiger partial charge in [-0.2, -0.15) is 5.10 Å². The monoisotopic (exact) mass is 213 g/mol. The molecule has 0 aromatic carbocycles. The number of halogens is 2. The smallest absolute Gasteiger partial charge is 0.0815 e. The number of aryl methyl sites for hydroxylation is 1. The van der Waals surface area contributed by atoms with E-state index in [0.717, 1.165) is 5.69 Å². The zero-order chi connectivity index (χ0) is 7.56. The molecular formula is C6H13Cl2N3O. The summed E-state index contributed by atoms with van der Waals surface area (Å²) in [5, 5.41) is 12.6. The molecule has 0 aliphatic rings. The van der Waals surface area contributed by atoms with Crippen LogP contribution in [0.5, 0.6) is 0 Å². The molecule has 72 valence electrons. The van der Waals surface area contributed by atoms with Crippen LogP contribution >= 0.6 is 24.8 Å². The molecular weight excluding hydrogens is 201 g/mol. The summed E-state index contributed by atoms with van der Waals surface area (Å²) < 4.78 is 1.66. The number of hydrogen-bond acceptors (Lipinski definition) is 3. The topological polar surface area (TPSA) is 64.1 Å². The summed E-state index contributed by atoms with van der Waals surface area (Å²) in [6, 6.07) is 1.45. The lowest BCUT2D eigenvalue weighted by molar-refractivity contribution is 0.265. The third kappa shape index (κ3) is 3.40. The van der Waals surface area contributed by atoms with Gasteiger partial charge in [0.25, 0.3) is 0 Å². The second-order valence-electron chi connectivity index (χ2n) is 2.20. The summed E-state index contributed by atoms with van der Waals surface area (Å²) in [6.07, 6.45) is 1.80. The largest absolute Gasteiger partial charge is 0.394 e. The highest BCUT2D eigenvalue weighted by Crippen LogP contribution is 2.03. The number of nitrogens with two attached hydrogens (primary N) is 1. The summed E-state index contributed by atoms with van der Waals surface area (Å²) in [5.41, 5.74) is 6.21. The predicted octanol–water partition coefficient (Wildman–Crippen LogP) is 0.256. The summed E-state index contributed by atoms with van der Waals surface area (Å²) in [7, 11) is 1.81. The predicted molar refractivity (Wildman–Crippen MR) is 51.7 cm³/mol. The Balaban J connectivity index is 0. The Labute approximate surface area is 83.6 Å². The van der Waals surface area contributed by atoms with Gasteiger partial charge in [0, 0.05) is 13.2 Å². The Morgan fingerprint density at radius 2 is 2.25 bits per heavy atom. The average Bonchev–Trinajstić information content (AvgIpc) is 2.34. The van der Waals surface area contributed by atoms with E-state index in [1.807, 2.05) is 7.05 Å². The van der Waals surface area contributed by atoms with E-state index in [2.05, 4.69) is 5.10 Å². The molecule has 0 radical (unpaired) electrons. The maximum atomic E-state index is 8.62. The van der Waals surface area contributed by atoms with Crippen molar-refractivity contribution in [2.75, 3.05) is 6.61 Å². The molecule has 1 atom stereocenters. The van der Waals surface area contributed by atoms with Crippen LogP contribution in [0.3, 0.4) is 0 Å². The van der Waals surface area contributed by atoms with Crippen molar-refractivity contribution in [1.29, 1.82) is 0 Å². The lowest BCUT2D eigenvalue weighted by atomic mass is 10.2. The van der Waals surface area contributed by atoms with Crippen molar-refractivity contribution in [3.05, 3.63) is 18.0 Å². The van der Waals surface area contributed by atoms with Gasteiger partial charge in [0.15, 0.2) is 0 Å². The minimum Gasteiger partial charge on any atom is -0.394 e. The van der Waals surface area contributed by atoms with Crippen molar-refractivity contribution in [1.82, 2.24) is 9.78 Å². The van der Waals surface area contributed by atoms with Crippen molar-refractivity contribution in [3.63, 3.8) is 0 Å². The van der Waals surface area contributed by atoms with Gasteiger partial charge in [-0.25, -0.2) is 0 Å². The van der Waals surface area contributed by atoms with E-state index in [-0.39, 0.29) is 37.5 Å². The van der Waals surface area contributed by atoms with Crippen LogP contribution < -0.4 is 5.73 Å². The standard InChI is InChI=1S/C6H11N3O.2ClH/c1-9-3-2-6(8-9)5(7)4-10;;/h2-3,5,10H,4,7H2,1H3;2*1H/t5-;;/m1../s1. The molecule has 6 heteroatoms. The van der Waals surface area contributed by atoms with E-state index in [1.165, 1.54) is 0 Å². The maximum Gasteiger partial charge on any atom is 0.0815 e. The maximum absolute atomic E-state index is 8.62. The van der Waals surface area contributed by atoms with Crippen molar-refractivity contribution in [3.8, 4) is 0 Å². The van der Waals surface area contributed by atoms with E-state index in [1.54, 1.807) is 16.9 Å². The molecule has 1 aromatic heterocycles. The molecule has 0 amide bonds. The van der Waals surface area contributed by atoms with Crippen LogP contribution in [0.4, 0.5) is 0 Å². The number of rotatable bonds is 2. The molecule has 0 saturated carbocycles. The number of aliphatic hydroxyl groups is 1. The van der Waals surface area contributed by atoms with Crippen LogP contribution in [0.15, 0.2) is 12.3 Å². The molecule has 0 aliphatic heterocycles. The van der Waals surface area contributed by atoms with Crippen LogP contribution in [0.25, 0.3) is 0 Å². The minimum absolute atomic E-state index is 0. The Hall–Kier alpha value is -0.290. The van der Waals surface area contributed by atoms with Gasteiger partial charge < -0.3 is 10.8 Å². The SMILES string of the molecule is Cl.Cl.Cn1ccc([C@H](N)CO)n1. The molecule has 1 rings (SSSR count). The number of aliphatic hydroxyl groups excluding tert-OH is 1. The van der Waals surface area contributed by atoms with Crippen molar-refractivity contribution >= 4 is 24.8 Å². The van der Waals surface area contributed by atoms with Crippen LogP contribution in [-0.4, -0.2) is 21.5 Å². The molecule has 12 heavy (non-hydrogen) atoms. The zero-order valence-corrected chi connectivity index (χ0v) is 8.31. The van der Waals surface area contributed by atoms with Crippen LogP contribution in [0, 0.1) is 0 Å². The van der Waals surface area contributed by atoms with Gasteiger partial charge in [-0.05, 0) is 6.07 Å². The second-order valence-corrected chi connectivity index (χ2v) is 2.20. The first-order chi connectivity index (χ1) is 4.74. The summed E-state index contributed by atoms with van der Waals surface area (Å²) >= 11 is 0. The van der Waals surface area contributed by atoms with Gasteiger partial charge in [0.1, 0.15) is 0 Å². The van der Waals surface area contributed by atoms with E-state index in [9.17, 15) is 0 Å². The Kier molecular flexibility index (Phi) is 7.42. The first kappa shape index (κ1) is 14.2. The van der Waals surface area contributed by atoms with Gasteiger partial charge in [-0.15, -0.1) is 24.8 Å². The highest BCUT2D eigenvalue weighted by molar-refractivity contribution is 5.85. The highest BCUT2D eigenvalue weighted by Gasteiger charge is 2.05. The van der Waals surface area contributed by atoms with Gasteiger partial charge >= 0.3 is 0 Å². The fourth-order valence-corrected chi connectivity index (χ4v) is 0.724. The first-order valence-corrected chi connectivity index (χ1v) is 3.10. The average molecular weight is 214 g/mol. The molecule has 1 aromatic rings. The van der Waals surface area contributed by atoms with Crippen molar-refractivity contribution in [2.24, 2.45) is 12.8 Å². The number of aromatic nitrogens is 2. The zero-order valence-electron chi connectivity index (χ0n) is 6.67. The highest BCUT2D eigenvalue weighted by atomic mass is 35.5. The summed E-state index contributed by atoms with van der Waals surface area (Å²) in [6.45, 7) is -0.0585. The molecule has 0 aliphatic carbocycles. The normalized spacial score (nSPS) is 11.2. The fraction of sp³-hybridized carbons (Fsp3) is 0.500. The molecule has 4 nitrogen and oxygen atoms in total. The number of hydrogen-bond donors (Lipinski definition) is 2. The molecule has 0 unspecified atom stereocenters. The van der Waals surface area contributed by atoms with Crippen molar-refractivity contribution < 1.29 is 5.11 Å². The van der Waals surface area contributed by atoms with E-state index >= 15 is 0 Å². The lowest BCUT2D eigenvalue weighted by Crippen LogP contribution is -2.15. The van der Waals surface area contributed by atoms with Crippen molar-refractivity contribution in [2.45, 2.75) is 6.04 Å². The fourth-order valence-electron chi connectivity index (χ4n) is 0.724. The molecule has 1 heterocycles. The Bertz CT molecular complexity index is 216. The van der Waals surface area contributed by atoms with Gasteiger partial charge in [0.05, 0.1) is 18.3 Å². The van der Waals surface area contributed by atoms with Gasteiger partial charge in [0.2, 0.25) is 0 Å². The second kappa shape index (κ2) is 6.25. The third-order valence-electron chi connectivity index (χ3n) is 1.31. The Morgan fingerprint density at radius 3 is 2.58 bits per heavy atom. The molecule has 0 fully saturated rings. The third-order valence-corrected chi connectivity index (χ3v) is 1.31. The summed E-state index contributed by atoms with van der Waals surface area (Å²) in [4.78, 5) is 0. The van der Waals surface area contributed by atoms with E-state index in [0.29, 0.717) is 0 Å². The first-order valence-electron chi connectivity index (χ1n) is 3.10. The molecule has 0 spiro atoms. The van der Waals surface area contributed by atoms with Crippen LogP contribution in [0.2, 0.25) is 0 Å². The quantitative estimate of drug-likeness (QED) is 0.741.